The summed E-state index contributed by atoms with van der Waals surface area (Å²) in [6.45, 7) is 2.14. The summed E-state index contributed by atoms with van der Waals surface area (Å²) in [5, 5.41) is 11.0. The van der Waals surface area contributed by atoms with Crippen molar-refractivity contribution < 1.29 is 13.9 Å². The first-order chi connectivity index (χ1) is 16.2. The molecule has 1 aliphatic rings. The molecule has 0 unspecified atom stereocenters. The van der Waals surface area contributed by atoms with Gasteiger partial charge in [-0.3, -0.25) is 4.79 Å². The number of ether oxygens (including phenoxy) is 2. The average Bonchev–Trinajstić information content (AvgIpc) is 3.58. The zero-order valence-corrected chi connectivity index (χ0v) is 18.9. The average molecular weight is 477 g/mol. The van der Waals surface area contributed by atoms with E-state index >= 15 is 0 Å². The van der Waals surface area contributed by atoms with Crippen molar-refractivity contribution in [2.24, 2.45) is 0 Å². The Morgan fingerprint density at radius 3 is 2.79 bits per heavy atom. The van der Waals surface area contributed by atoms with Gasteiger partial charge in [-0.2, -0.15) is 0 Å². The number of thiophene rings is 1. The Kier molecular flexibility index (Phi) is 4.88. The number of hydrogen-bond donors (Lipinski definition) is 1. The van der Waals surface area contributed by atoms with Crippen molar-refractivity contribution in [3.05, 3.63) is 70.1 Å². The van der Waals surface area contributed by atoms with Crippen LogP contribution in [0.4, 0.5) is 0 Å². The minimum atomic E-state index is -0.200. The van der Waals surface area contributed by atoms with Crippen LogP contribution in [0.2, 0.25) is 0 Å². The van der Waals surface area contributed by atoms with Gasteiger partial charge in [0.15, 0.2) is 11.5 Å². The van der Waals surface area contributed by atoms with E-state index in [9.17, 15) is 4.79 Å². The largest absolute Gasteiger partial charge is 0.454 e. The van der Waals surface area contributed by atoms with Crippen molar-refractivity contribution >= 4 is 33.3 Å². The van der Waals surface area contributed by atoms with E-state index < -0.39 is 0 Å². The van der Waals surface area contributed by atoms with Gasteiger partial charge in [0.1, 0.15) is 10.7 Å². The lowest BCUT2D eigenvalue weighted by Crippen LogP contribution is -2.12. The standard InChI is InChI=1S/C23H16N4O4S2/c1-12(33-23-27-26-21(31-23)14-7-8-16-17(9-14)30-11-29-16)19-24-20(28)18-15(10-32-22(18)25-19)13-5-3-2-4-6-13/h2-10,12H,11H2,1H3,(H,24,25,28)/t12-/m1/s1. The number of benzene rings is 2. The molecule has 0 fully saturated rings. The molecule has 1 aliphatic heterocycles. The summed E-state index contributed by atoms with van der Waals surface area (Å²) in [6, 6.07) is 15.3. The lowest BCUT2D eigenvalue weighted by atomic mass is 10.1. The number of hydrogen-bond acceptors (Lipinski definition) is 9. The third-order valence-electron chi connectivity index (χ3n) is 5.24. The van der Waals surface area contributed by atoms with Crippen LogP contribution >= 0.6 is 23.1 Å². The summed E-state index contributed by atoms with van der Waals surface area (Å²) in [6.07, 6.45) is 0. The minimum absolute atomic E-state index is 0.158. The molecule has 6 rings (SSSR count). The predicted octanol–water partition coefficient (Wildman–Crippen LogP) is 5.28. The Morgan fingerprint density at radius 1 is 1.06 bits per heavy atom. The predicted molar refractivity (Wildman–Crippen MR) is 126 cm³/mol. The molecule has 5 aromatic rings. The third-order valence-corrected chi connectivity index (χ3v) is 7.05. The molecule has 8 nitrogen and oxygen atoms in total. The van der Waals surface area contributed by atoms with Crippen molar-refractivity contribution in [3.8, 4) is 34.1 Å². The van der Waals surface area contributed by atoms with E-state index in [2.05, 4.69) is 15.2 Å². The number of aromatic nitrogens is 4. The number of thioether (sulfide) groups is 1. The SMILES string of the molecule is C[C@@H](Sc1nnc(-c2ccc3c(c2)OCO3)o1)c1nc2scc(-c3ccccc3)c2c(=O)[nH]1. The second-order valence-electron chi connectivity index (χ2n) is 7.35. The van der Waals surface area contributed by atoms with Crippen LogP contribution in [0.15, 0.2) is 68.3 Å². The minimum Gasteiger partial charge on any atom is -0.454 e. The third kappa shape index (κ3) is 3.66. The zero-order chi connectivity index (χ0) is 22.4. The molecule has 4 heterocycles. The fourth-order valence-electron chi connectivity index (χ4n) is 3.60. The summed E-state index contributed by atoms with van der Waals surface area (Å²) in [5.41, 5.74) is 2.47. The highest BCUT2D eigenvalue weighted by molar-refractivity contribution is 7.99. The van der Waals surface area contributed by atoms with Crippen molar-refractivity contribution in [2.45, 2.75) is 17.4 Å². The van der Waals surface area contributed by atoms with Crippen molar-refractivity contribution in [3.63, 3.8) is 0 Å². The van der Waals surface area contributed by atoms with Gasteiger partial charge < -0.3 is 18.9 Å². The first-order valence-corrected chi connectivity index (χ1v) is 11.9. The number of fused-ring (bicyclic) bond motifs is 2. The fourth-order valence-corrected chi connectivity index (χ4v) is 5.29. The van der Waals surface area contributed by atoms with Gasteiger partial charge in [0.25, 0.3) is 10.8 Å². The normalized spacial score (nSPS) is 13.5. The lowest BCUT2D eigenvalue weighted by Gasteiger charge is -2.08. The maximum atomic E-state index is 12.9. The van der Waals surface area contributed by atoms with Crippen LogP contribution in [-0.4, -0.2) is 27.0 Å². The molecular formula is C23H16N4O4S2. The molecule has 0 spiro atoms. The van der Waals surface area contributed by atoms with Gasteiger partial charge in [-0.05, 0) is 30.7 Å². The van der Waals surface area contributed by atoms with Gasteiger partial charge in [0.05, 0.1) is 10.6 Å². The van der Waals surface area contributed by atoms with Crippen LogP contribution in [0.25, 0.3) is 32.8 Å². The molecule has 1 N–H and O–H groups in total. The van der Waals surface area contributed by atoms with E-state index in [4.69, 9.17) is 18.9 Å². The van der Waals surface area contributed by atoms with E-state index in [1.54, 1.807) is 0 Å². The molecule has 33 heavy (non-hydrogen) atoms. The summed E-state index contributed by atoms with van der Waals surface area (Å²) in [7, 11) is 0. The molecule has 0 aliphatic carbocycles. The summed E-state index contributed by atoms with van der Waals surface area (Å²) in [5.74, 6) is 2.28. The Morgan fingerprint density at radius 2 is 1.91 bits per heavy atom. The lowest BCUT2D eigenvalue weighted by molar-refractivity contribution is 0.174. The molecule has 3 aromatic heterocycles. The van der Waals surface area contributed by atoms with Crippen LogP contribution in [-0.2, 0) is 0 Å². The number of H-pyrrole nitrogens is 1. The molecule has 2 aromatic carbocycles. The summed E-state index contributed by atoms with van der Waals surface area (Å²) < 4.78 is 16.6. The van der Waals surface area contributed by atoms with E-state index in [0.29, 0.717) is 38.7 Å². The number of nitrogens with zero attached hydrogens (tertiary/aromatic N) is 3. The zero-order valence-electron chi connectivity index (χ0n) is 17.3. The maximum Gasteiger partial charge on any atom is 0.277 e. The molecule has 0 saturated heterocycles. The van der Waals surface area contributed by atoms with Crippen LogP contribution in [0.3, 0.4) is 0 Å². The Hall–Kier alpha value is -3.63. The topological polar surface area (TPSA) is 103 Å². The fraction of sp³-hybridized carbons (Fsp3) is 0.130. The number of nitrogens with one attached hydrogen (secondary N) is 1. The Balaban J connectivity index is 1.26. The molecular weight excluding hydrogens is 460 g/mol. The van der Waals surface area contributed by atoms with Gasteiger partial charge in [0.2, 0.25) is 12.7 Å². The Bertz CT molecular complexity index is 1530. The van der Waals surface area contributed by atoms with E-state index in [1.165, 1.54) is 23.1 Å². The van der Waals surface area contributed by atoms with Gasteiger partial charge in [-0.1, -0.05) is 42.1 Å². The van der Waals surface area contributed by atoms with Crippen LogP contribution < -0.4 is 15.0 Å². The molecule has 0 amide bonds. The van der Waals surface area contributed by atoms with Crippen molar-refractivity contribution in [1.29, 1.82) is 0 Å². The molecule has 0 saturated carbocycles. The van der Waals surface area contributed by atoms with Gasteiger partial charge in [-0.25, -0.2) is 4.98 Å². The molecule has 1 atom stereocenters. The second kappa shape index (κ2) is 8.05. The van der Waals surface area contributed by atoms with Crippen LogP contribution in [0.5, 0.6) is 11.5 Å². The first-order valence-electron chi connectivity index (χ1n) is 10.1. The van der Waals surface area contributed by atoms with Crippen molar-refractivity contribution in [1.82, 2.24) is 20.2 Å². The quantitative estimate of drug-likeness (QED) is 0.342. The van der Waals surface area contributed by atoms with Gasteiger partial charge in [0, 0.05) is 16.5 Å². The molecule has 10 heteroatoms. The first kappa shape index (κ1) is 20.0. The van der Waals surface area contributed by atoms with Crippen molar-refractivity contribution in [2.75, 3.05) is 6.79 Å². The molecule has 0 radical (unpaired) electrons. The van der Waals surface area contributed by atoms with E-state index in [0.717, 1.165) is 16.7 Å². The smallest absolute Gasteiger partial charge is 0.277 e. The molecule has 164 valence electrons. The highest BCUT2D eigenvalue weighted by atomic mass is 32.2. The molecule has 0 bridgehead atoms. The van der Waals surface area contributed by atoms with Gasteiger partial charge in [-0.15, -0.1) is 21.5 Å². The van der Waals surface area contributed by atoms with Crippen LogP contribution in [0.1, 0.15) is 18.0 Å². The monoisotopic (exact) mass is 476 g/mol. The van der Waals surface area contributed by atoms with E-state index in [1.807, 2.05) is 60.8 Å². The summed E-state index contributed by atoms with van der Waals surface area (Å²) >= 11 is 2.79. The Labute approximate surface area is 195 Å². The highest BCUT2D eigenvalue weighted by Crippen LogP contribution is 2.38. The number of rotatable bonds is 5. The van der Waals surface area contributed by atoms with E-state index in [-0.39, 0.29) is 17.6 Å². The number of aromatic amines is 1. The van der Waals surface area contributed by atoms with Gasteiger partial charge >= 0.3 is 0 Å². The maximum absolute atomic E-state index is 12.9. The van der Waals surface area contributed by atoms with Crippen LogP contribution in [0, 0.1) is 0 Å². The summed E-state index contributed by atoms with van der Waals surface area (Å²) in [4.78, 5) is 21.3. The highest BCUT2D eigenvalue weighted by Gasteiger charge is 2.20. The second-order valence-corrected chi connectivity index (χ2v) is 9.50.